The topological polar surface area (TPSA) is 157 Å². The molecule has 3 aliphatic heterocycles. The quantitative estimate of drug-likeness (QED) is 0.339. The van der Waals surface area contributed by atoms with Gasteiger partial charge in [-0.1, -0.05) is 6.92 Å². The number of carbonyl (C=O) groups is 1. The van der Waals surface area contributed by atoms with Crippen molar-refractivity contribution in [3.8, 4) is 0 Å². The van der Waals surface area contributed by atoms with E-state index in [1.807, 2.05) is 6.92 Å². The average molecular weight is 589 g/mol. The maximum Gasteiger partial charge on any atom is 0.335 e. The number of ketones is 1. The van der Waals surface area contributed by atoms with Crippen molar-refractivity contribution in [1.82, 2.24) is 0 Å². The summed E-state index contributed by atoms with van der Waals surface area (Å²) in [6.07, 6.45) is -0.758. The highest BCUT2D eigenvalue weighted by molar-refractivity contribution is 5.94. The van der Waals surface area contributed by atoms with E-state index in [4.69, 9.17) is 28.1 Å². The van der Waals surface area contributed by atoms with Crippen LogP contribution in [-0.2, 0) is 28.5 Å². The van der Waals surface area contributed by atoms with Crippen LogP contribution in [0.1, 0.15) is 70.8 Å². The molecule has 7 fully saturated rings. The molecule has 42 heavy (non-hydrogen) atoms. The van der Waals surface area contributed by atoms with Crippen molar-refractivity contribution in [1.29, 1.82) is 0 Å². The number of ether oxygens (including phenoxy) is 5. The molecule has 0 aromatic carbocycles. The first-order valence-electron chi connectivity index (χ1n) is 15.3. The van der Waals surface area contributed by atoms with Crippen LogP contribution in [0.25, 0.3) is 0 Å². The zero-order chi connectivity index (χ0) is 29.6. The van der Waals surface area contributed by atoms with Crippen molar-refractivity contribution >= 4 is 5.78 Å². The summed E-state index contributed by atoms with van der Waals surface area (Å²) in [4.78, 5) is 26.0. The van der Waals surface area contributed by atoms with Crippen LogP contribution in [0.15, 0.2) is 27.6 Å². The number of rotatable bonds is 2. The Hall–Kier alpha value is -1.70. The normalized spacial score (nSPS) is 57.6. The number of Topliss-reactive ketones (excluding diaryl/α,β-unsaturated/α-hetero) is 1. The molecule has 1 spiro atoms. The molecule has 3 saturated heterocycles. The third kappa shape index (κ3) is 3.09. The van der Waals surface area contributed by atoms with Crippen LogP contribution in [-0.4, -0.2) is 88.1 Å². The molecular formula is C31H40O11. The van der Waals surface area contributed by atoms with Crippen molar-refractivity contribution < 1.29 is 48.2 Å². The molecule has 230 valence electrons. The van der Waals surface area contributed by atoms with Gasteiger partial charge in [0.15, 0.2) is 18.2 Å². The molecule has 4 heterocycles. The Labute approximate surface area is 243 Å². The van der Waals surface area contributed by atoms with E-state index in [9.17, 15) is 24.9 Å². The minimum Gasteiger partial charge on any atom is -0.431 e. The Kier molecular flexibility index (Phi) is 5.64. The van der Waals surface area contributed by atoms with Crippen molar-refractivity contribution in [2.75, 3.05) is 7.11 Å². The van der Waals surface area contributed by atoms with Crippen molar-refractivity contribution in [3.63, 3.8) is 0 Å². The Balaban J connectivity index is 1.18. The summed E-state index contributed by atoms with van der Waals surface area (Å²) in [5.74, 6) is -2.77. The monoisotopic (exact) mass is 588 g/mol. The second kappa shape index (κ2) is 8.51. The SMILES string of the molecule is CO[C@@]12C[C@H](C)O[C@@H](O[C@@H]3C[C@@]4(C)[C@@H](C[C@@H]5O[C@]56[C@@H]4[C@H](O)C(=O)[C@]4(C)[C@@H](c5ccc(=O)oc5)CC[C@]64O)C[C@H]3O1)[C@@H]2O. The zero-order valence-corrected chi connectivity index (χ0v) is 24.4. The van der Waals surface area contributed by atoms with Gasteiger partial charge in [0, 0.05) is 31.4 Å². The first kappa shape index (κ1) is 27.8. The molecule has 1 aromatic rings. The lowest BCUT2D eigenvalue weighted by atomic mass is 9.41. The molecule has 1 aromatic heterocycles. The second-order valence-electron chi connectivity index (χ2n) is 14.4. The summed E-state index contributed by atoms with van der Waals surface area (Å²) in [6, 6.07) is 2.96. The van der Waals surface area contributed by atoms with Crippen LogP contribution < -0.4 is 5.63 Å². The lowest BCUT2D eigenvalue weighted by Crippen LogP contribution is -2.76. The number of aliphatic hydroxyl groups excluding tert-OH is 2. The smallest absolute Gasteiger partial charge is 0.335 e. The molecule has 2 bridgehead atoms. The third-order valence-corrected chi connectivity index (χ3v) is 12.8. The highest BCUT2D eigenvalue weighted by Crippen LogP contribution is 2.77. The number of fused-ring (bicyclic) bond motifs is 6. The number of hydrogen-bond acceptors (Lipinski definition) is 11. The van der Waals surface area contributed by atoms with Gasteiger partial charge in [0.1, 0.15) is 17.3 Å². The fraction of sp³-hybridized carbons (Fsp3) is 0.806. The van der Waals surface area contributed by atoms with Crippen molar-refractivity contribution in [2.45, 2.75) is 125 Å². The summed E-state index contributed by atoms with van der Waals surface area (Å²) >= 11 is 0. The molecule has 0 radical (unpaired) electrons. The number of hydrogen-bond donors (Lipinski definition) is 3. The van der Waals surface area contributed by atoms with E-state index in [0.717, 1.165) is 0 Å². The van der Waals surface area contributed by atoms with E-state index < -0.39 is 81.8 Å². The van der Waals surface area contributed by atoms with Gasteiger partial charge in [-0.25, -0.2) is 4.79 Å². The van der Waals surface area contributed by atoms with Gasteiger partial charge < -0.3 is 43.4 Å². The van der Waals surface area contributed by atoms with Crippen molar-refractivity contribution in [3.05, 3.63) is 34.4 Å². The van der Waals surface area contributed by atoms with Crippen molar-refractivity contribution in [2.24, 2.45) is 22.7 Å². The standard InChI is InChI=1S/C31H40O11/c1-14-11-29(37-4)25(35)26(39-14)40-19-12-27(2)16(9-18(19)41-29)10-20-31(42-20)23(27)22(33)24(34)28(3)17(7-8-30(28,31)36)15-5-6-21(32)38-13-15/h5-6,13-14,16-20,22-23,25-26,33,35-36H,7-12H2,1-4H3/t14-,16+,17+,18+,19+,20-,22-,23+,25-,26-,27-,28-,29-,30+,31-/m0/s1. The average Bonchev–Trinajstić information content (AvgIpc) is 3.61. The predicted molar refractivity (Wildman–Crippen MR) is 142 cm³/mol. The number of carbonyl (C=O) groups excluding carboxylic acids is 1. The summed E-state index contributed by atoms with van der Waals surface area (Å²) in [5, 5.41) is 35.8. The van der Waals surface area contributed by atoms with Gasteiger partial charge in [0.25, 0.3) is 0 Å². The molecule has 11 heteroatoms. The predicted octanol–water partition coefficient (Wildman–Crippen LogP) is 1.39. The first-order chi connectivity index (χ1) is 19.8. The fourth-order valence-corrected chi connectivity index (χ4v) is 10.8. The molecular weight excluding hydrogens is 548 g/mol. The van der Waals surface area contributed by atoms with E-state index in [-0.39, 0.29) is 18.1 Å². The highest BCUT2D eigenvalue weighted by atomic mass is 16.8. The van der Waals surface area contributed by atoms with Crippen LogP contribution in [0.2, 0.25) is 0 Å². The largest absolute Gasteiger partial charge is 0.431 e. The molecule has 15 atom stereocenters. The Morgan fingerprint density at radius 2 is 1.81 bits per heavy atom. The summed E-state index contributed by atoms with van der Waals surface area (Å²) < 4.78 is 36.5. The maximum absolute atomic E-state index is 14.4. The molecule has 4 aliphatic carbocycles. The van der Waals surface area contributed by atoms with Gasteiger partial charge in [-0.05, 0) is 68.9 Å². The van der Waals surface area contributed by atoms with E-state index in [1.165, 1.54) is 19.4 Å². The van der Waals surface area contributed by atoms with Crippen LogP contribution in [0.5, 0.6) is 0 Å². The first-order valence-corrected chi connectivity index (χ1v) is 15.3. The zero-order valence-electron chi connectivity index (χ0n) is 24.4. The van der Waals surface area contributed by atoms with Gasteiger partial charge in [-0.3, -0.25) is 4.79 Å². The molecule has 4 saturated carbocycles. The van der Waals surface area contributed by atoms with Crippen LogP contribution in [0.3, 0.4) is 0 Å². The van der Waals surface area contributed by atoms with Gasteiger partial charge in [0.2, 0.25) is 5.79 Å². The van der Waals surface area contributed by atoms with Crippen LogP contribution in [0.4, 0.5) is 0 Å². The minimum atomic E-state index is -1.52. The molecule has 7 aliphatic rings. The molecule has 0 unspecified atom stereocenters. The fourth-order valence-electron chi connectivity index (χ4n) is 10.8. The van der Waals surface area contributed by atoms with Gasteiger partial charge in [-0.15, -0.1) is 0 Å². The highest BCUT2D eigenvalue weighted by Gasteiger charge is 2.88. The minimum absolute atomic E-state index is 0.00586. The molecule has 0 amide bonds. The van der Waals surface area contributed by atoms with E-state index in [2.05, 4.69) is 6.92 Å². The Morgan fingerprint density at radius 3 is 2.52 bits per heavy atom. The van der Waals surface area contributed by atoms with Crippen LogP contribution in [0, 0.1) is 22.7 Å². The summed E-state index contributed by atoms with van der Waals surface area (Å²) in [5.41, 5.74) is -4.44. The lowest BCUT2D eigenvalue weighted by Gasteiger charge is -2.63. The Morgan fingerprint density at radius 1 is 1.02 bits per heavy atom. The van der Waals surface area contributed by atoms with E-state index in [0.29, 0.717) is 44.1 Å². The van der Waals surface area contributed by atoms with E-state index >= 15 is 0 Å². The summed E-state index contributed by atoms with van der Waals surface area (Å²) in [6.45, 7) is 5.71. The van der Waals surface area contributed by atoms with Crippen LogP contribution >= 0.6 is 0 Å². The lowest BCUT2D eigenvalue weighted by molar-refractivity contribution is -0.351. The maximum atomic E-state index is 14.4. The molecule has 8 rings (SSSR count). The number of aliphatic hydroxyl groups is 3. The van der Waals surface area contributed by atoms with Gasteiger partial charge in [-0.2, -0.15) is 0 Å². The number of epoxide rings is 1. The second-order valence-corrected chi connectivity index (χ2v) is 14.4. The van der Waals surface area contributed by atoms with Gasteiger partial charge >= 0.3 is 5.63 Å². The number of methoxy groups -OCH3 is 1. The Bertz CT molecular complexity index is 1360. The third-order valence-electron chi connectivity index (χ3n) is 12.8. The summed E-state index contributed by atoms with van der Waals surface area (Å²) in [7, 11) is 1.53. The molecule has 3 N–H and O–H groups in total. The molecule has 11 nitrogen and oxygen atoms in total. The van der Waals surface area contributed by atoms with E-state index in [1.54, 1.807) is 13.0 Å². The van der Waals surface area contributed by atoms with Gasteiger partial charge in [0.05, 0.1) is 36.1 Å².